The Labute approximate surface area is 204 Å². The molecule has 0 spiro atoms. The fraction of sp³-hybridized carbons (Fsp3) is 0.0769. The Morgan fingerprint density at radius 3 is 2.61 bits per heavy atom. The third-order valence-corrected chi connectivity index (χ3v) is 5.22. The second-order valence-corrected chi connectivity index (χ2v) is 7.68. The summed E-state index contributed by atoms with van der Waals surface area (Å²) in [6, 6.07) is 19.8. The van der Waals surface area contributed by atoms with E-state index in [1.807, 2.05) is 30.3 Å². The van der Waals surface area contributed by atoms with Gasteiger partial charge < -0.3 is 14.8 Å². The van der Waals surface area contributed by atoms with Crippen LogP contribution in [0.1, 0.15) is 5.56 Å². The van der Waals surface area contributed by atoms with Crippen LogP contribution < -0.4 is 30.9 Å². The van der Waals surface area contributed by atoms with Crippen molar-refractivity contribution in [3.63, 3.8) is 0 Å². The highest BCUT2D eigenvalue weighted by molar-refractivity contribution is 5.92. The van der Waals surface area contributed by atoms with E-state index in [-0.39, 0.29) is 23.5 Å². The maximum Gasteiger partial charge on any atom is 0.279 e. The van der Waals surface area contributed by atoms with Gasteiger partial charge in [-0.2, -0.15) is 0 Å². The van der Waals surface area contributed by atoms with Gasteiger partial charge in [-0.1, -0.05) is 36.9 Å². The molecule has 1 aromatic heterocycles. The molecule has 0 saturated heterocycles. The van der Waals surface area contributed by atoms with Crippen molar-refractivity contribution in [2.45, 2.75) is 0 Å². The summed E-state index contributed by atoms with van der Waals surface area (Å²) in [4.78, 5) is 35.5. The molecule has 0 radical (unpaired) electrons. The number of H-pyrrole nitrogens is 1. The number of amides is 1. The molecule has 1 heterocycles. The highest BCUT2D eigenvalue weighted by atomic mass is 16.6. The molecular weight excluding hydrogens is 464 g/mol. The molecule has 0 unspecified atom stereocenters. The number of nitro groups is 1. The number of ether oxygens (including phenoxy) is 2. The fourth-order valence-corrected chi connectivity index (χ4v) is 3.50. The molecule has 4 rings (SSSR count). The van der Waals surface area contributed by atoms with Crippen LogP contribution in [0.4, 0.5) is 11.4 Å². The van der Waals surface area contributed by atoms with Gasteiger partial charge in [0.2, 0.25) is 0 Å². The lowest BCUT2D eigenvalue weighted by atomic mass is 10.1. The van der Waals surface area contributed by atoms with Crippen LogP contribution in [0.25, 0.3) is 18.3 Å². The predicted molar refractivity (Wildman–Crippen MR) is 135 cm³/mol. The number of hydrogen-bond acceptors (Lipinski definition) is 6. The minimum Gasteiger partial charge on any atom is -0.493 e. The van der Waals surface area contributed by atoms with Crippen molar-refractivity contribution in [1.29, 1.82) is 0 Å². The van der Waals surface area contributed by atoms with Gasteiger partial charge >= 0.3 is 0 Å². The Kier molecular flexibility index (Phi) is 6.96. The largest absolute Gasteiger partial charge is 0.493 e. The topological polar surface area (TPSA) is 128 Å². The van der Waals surface area contributed by atoms with Crippen LogP contribution in [0.5, 0.6) is 11.5 Å². The highest BCUT2D eigenvalue weighted by Crippen LogP contribution is 2.28. The molecule has 0 aliphatic heterocycles. The fourth-order valence-electron chi connectivity index (χ4n) is 3.50. The van der Waals surface area contributed by atoms with E-state index < -0.39 is 10.8 Å². The Hall–Kier alpha value is -5.12. The number of nitrogens with zero attached hydrogens (tertiary/aromatic N) is 2. The van der Waals surface area contributed by atoms with Crippen molar-refractivity contribution in [1.82, 2.24) is 9.78 Å². The third kappa shape index (κ3) is 5.33. The van der Waals surface area contributed by atoms with Gasteiger partial charge in [-0.25, -0.2) is 4.68 Å². The summed E-state index contributed by atoms with van der Waals surface area (Å²) in [6.45, 7) is 3.59. The quantitative estimate of drug-likeness (QED) is 0.291. The van der Waals surface area contributed by atoms with Crippen molar-refractivity contribution < 1.29 is 19.2 Å². The van der Waals surface area contributed by atoms with Gasteiger partial charge in [-0.15, -0.1) is 0 Å². The van der Waals surface area contributed by atoms with Gasteiger partial charge in [-0.05, 0) is 42.0 Å². The average molecular weight is 486 g/mol. The smallest absolute Gasteiger partial charge is 0.279 e. The van der Waals surface area contributed by atoms with E-state index in [9.17, 15) is 19.7 Å². The van der Waals surface area contributed by atoms with E-state index in [1.54, 1.807) is 30.3 Å². The molecule has 36 heavy (non-hydrogen) atoms. The second kappa shape index (κ2) is 10.4. The highest BCUT2D eigenvalue weighted by Gasteiger charge is 2.11. The van der Waals surface area contributed by atoms with Gasteiger partial charge in [0, 0.05) is 17.8 Å². The molecule has 10 heteroatoms. The van der Waals surface area contributed by atoms with Gasteiger partial charge in [0.15, 0.2) is 18.1 Å². The van der Waals surface area contributed by atoms with E-state index in [0.29, 0.717) is 33.3 Å². The lowest BCUT2D eigenvalue weighted by Gasteiger charge is -2.11. The van der Waals surface area contributed by atoms with Crippen molar-refractivity contribution in [3.05, 3.63) is 109 Å². The zero-order valence-corrected chi connectivity index (χ0v) is 19.3. The van der Waals surface area contributed by atoms with Crippen LogP contribution in [0.2, 0.25) is 0 Å². The molecule has 4 aromatic rings. The summed E-state index contributed by atoms with van der Waals surface area (Å²) in [5.74, 6) is 0.176. The molecule has 0 aliphatic carbocycles. The van der Waals surface area contributed by atoms with Crippen molar-refractivity contribution in [2.75, 3.05) is 19.0 Å². The van der Waals surface area contributed by atoms with Crippen molar-refractivity contribution >= 4 is 29.9 Å². The second-order valence-electron chi connectivity index (χ2n) is 7.68. The monoisotopic (exact) mass is 486 g/mol. The van der Waals surface area contributed by atoms with E-state index in [4.69, 9.17) is 9.47 Å². The number of benzene rings is 3. The molecule has 10 nitrogen and oxygen atoms in total. The van der Waals surface area contributed by atoms with Crippen LogP contribution in [0.15, 0.2) is 77.6 Å². The number of hydrogen-bond donors (Lipinski definition) is 2. The lowest BCUT2D eigenvalue weighted by molar-refractivity contribution is -0.384. The van der Waals surface area contributed by atoms with E-state index in [2.05, 4.69) is 17.0 Å². The third-order valence-electron chi connectivity index (χ3n) is 5.22. The summed E-state index contributed by atoms with van der Waals surface area (Å²) in [6.07, 6.45) is 1.68. The maximum atomic E-state index is 12.9. The summed E-state index contributed by atoms with van der Waals surface area (Å²) in [5, 5.41) is 17.3. The van der Waals surface area contributed by atoms with Crippen molar-refractivity contribution in [3.8, 4) is 17.2 Å². The summed E-state index contributed by atoms with van der Waals surface area (Å²) < 4.78 is 12.4. The number of aromatic nitrogens is 2. The maximum absolute atomic E-state index is 12.9. The number of nitrogens with one attached hydrogen (secondary N) is 2. The molecule has 182 valence electrons. The van der Waals surface area contributed by atoms with E-state index in [1.165, 1.54) is 30.0 Å². The van der Waals surface area contributed by atoms with Gasteiger partial charge in [0.1, 0.15) is 0 Å². The number of para-hydroxylation sites is 1. The molecule has 2 N–H and O–H groups in total. The molecule has 0 saturated carbocycles. The summed E-state index contributed by atoms with van der Waals surface area (Å²) in [7, 11) is 1.46. The Bertz CT molecular complexity index is 1590. The number of methoxy groups -OCH3 is 1. The SMILES string of the molecule is C=c1[nH]n(-c2ccccc2)c(=O)/c1=C/c1ccc(OCC(=O)Nc2cccc([N+](=O)[O-])c2)c(OC)c1. The van der Waals surface area contributed by atoms with Crippen molar-refractivity contribution in [2.24, 2.45) is 0 Å². The summed E-state index contributed by atoms with van der Waals surface area (Å²) in [5.41, 5.74) is 1.26. The number of non-ortho nitro benzene ring substituents is 1. The van der Waals surface area contributed by atoms with Crippen LogP contribution >= 0.6 is 0 Å². The van der Waals surface area contributed by atoms with Crippen LogP contribution in [0, 0.1) is 10.1 Å². The number of carbonyl (C=O) groups excluding carboxylic acids is 1. The van der Waals surface area contributed by atoms with Gasteiger partial charge in [0.25, 0.3) is 17.2 Å². The standard InChI is InChI=1S/C26H22N4O6/c1-17-22(26(32)29(28-17)20-8-4-3-5-9-20)13-18-11-12-23(24(14-18)35-2)36-16-25(31)27-19-7-6-10-21(15-19)30(33)34/h3-15,28H,1,16H2,2H3,(H,27,31)/b22-13+. The predicted octanol–water partition coefficient (Wildman–Crippen LogP) is 2.34. The van der Waals surface area contributed by atoms with Gasteiger partial charge in [-0.3, -0.25) is 24.8 Å². The van der Waals surface area contributed by atoms with E-state index in [0.717, 1.165) is 0 Å². The molecule has 0 bridgehead atoms. The molecule has 3 aromatic carbocycles. The Morgan fingerprint density at radius 2 is 1.89 bits per heavy atom. The number of aromatic amines is 1. The van der Waals surface area contributed by atoms with Crippen LogP contribution in [-0.2, 0) is 4.79 Å². The van der Waals surface area contributed by atoms with E-state index >= 15 is 0 Å². The number of nitro benzene ring substituents is 1. The first-order valence-corrected chi connectivity index (χ1v) is 10.8. The molecule has 0 aliphatic rings. The first-order valence-electron chi connectivity index (χ1n) is 10.8. The molecule has 0 fully saturated rings. The zero-order valence-electron chi connectivity index (χ0n) is 19.3. The Morgan fingerprint density at radius 1 is 1.11 bits per heavy atom. The number of carbonyl (C=O) groups is 1. The molecular formula is C26H22N4O6. The average Bonchev–Trinajstić information content (AvgIpc) is 3.16. The number of anilines is 1. The molecule has 1 amide bonds. The summed E-state index contributed by atoms with van der Waals surface area (Å²) >= 11 is 0. The minimum atomic E-state index is -0.544. The lowest BCUT2D eigenvalue weighted by Crippen LogP contribution is -2.33. The normalized spacial score (nSPS) is 11.2. The van der Waals surface area contributed by atoms with Crippen LogP contribution in [-0.4, -0.2) is 34.3 Å². The van der Waals surface area contributed by atoms with Gasteiger partial charge in [0.05, 0.1) is 28.3 Å². The first kappa shape index (κ1) is 24.0. The first-order chi connectivity index (χ1) is 17.4. The minimum absolute atomic E-state index is 0.134. The molecule has 0 atom stereocenters. The van der Waals surface area contributed by atoms with Crippen LogP contribution in [0.3, 0.4) is 0 Å². The number of rotatable bonds is 8. The Balaban J connectivity index is 1.51. The zero-order chi connectivity index (χ0) is 25.7.